The third-order valence-corrected chi connectivity index (χ3v) is 3.37. The van der Waals surface area contributed by atoms with Crippen LogP contribution in [0.25, 0.3) is 0 Å². The number of rotatable bonds is 4. The number of hydrogen-bond acceptors (Lipinski definition) is 4. The number of ether oxygens (including phenoxy) is 3. The zero-order valence-corrected chi connectivity index (χ0v) is 12.2. The Kier molecular flexibility index (Phi) is 3.71. The van der Waals surface area contributed by atoms with Crippen molar-refractivity contribution in [2.24, 2.45) is 5.73 Å². The Bertz CT molecular complexity index is 622. The van der Waals surface area contributed by atoms with Crippen LogP contribution in [-0.2, 0) is 0 Å². The molecular formula is C17H19NO3. The lowest BCUT2D eigenvalue weighted by atomic mass is 9.99. The topological polar surface area (TPSA) is 53.7 Å². The van der Waals surface area contributed by atoms with E-state index in [1.54, 1.807) is 0 Å². The normalized spacial score (nSPS) is 14.3. The van der Waals surface area contributed by atoms with Crippen molar-refractivity contribution >= 4 is 0 Å². The largest absolute Gasteiger partial charge is 0.491 e. The number of hydrogen-bond donors (Lipinski definition) is 1. The van der Waals surface area contributed by atoms with Gasteiger partial charge in [-0.05, 0) is 49.2 Å². The molecule has 1 aliphatic rings. The van der Waals surface area contributed by atoms with E-state index in [-0.39, 0.29) is 18.9 Å². The molecule has 110 valence electrons. The predicted molar refractivity (Wildman–Crippen MR) is 80.8 cm³/mol. The van der Waals surface area contributed by atoms with Crippen LogP contribution in [0.5, 0.6) is 17.2 Å². The Morgan fingerprint density at radius 2 is 1.62 bits per heavy atom. The van der Waals surface area contributed by atoms with Crippen LogP contribution in [0.3, 0.4) is 0 Å². The van der Waals surface area contributed by atoms with E-state index in [0.29, 0.717) is 0 Å². The third kappa shape index (κ3) is 2.95. The van der Waals surface area contributed by atoms with Crippen LogP contribution in [-0.4, -0.2) is 12.9 Å². The van der Waals surface area contributed by atoms with Crippen LogP contribution in [0.2, 0.25) is 0 Å². The summed E-state index contributed by atoms with van der Waals surface area (Å²) in [5.74, 6) is 2.38. The molecule has 2 aromatic carbocycles. The monoisotopic (exact) mass is 285 g/mol. The first-order chi connectivity index (χ1) is 10.1. The Morgan fingerprint density at radius 1 is 0.952 bits per heavy atom. The first kappa shape index (κ1) is 13.8. The van der Waals surface area contributed by atoms with Crippen molar-refractivity contribution in [3.05, 3.63) is 53.6 Å². The third-order valence-electron chi connectivity index (χ3n) is 3.37. The second-order valence-electron chi connectivity index (χ2n) is 5.33. The smallest absolute Gasteiger partial charge is 0.231 e. The lowest BCUT2D eigenvalue weighted by Gasteiger charge is -2.15. The molecule has 0 fully saturated rings. The van der Waals surface area contributed by atoms with E-state index in [0.717, 1.165) is 28.4 Å². The van der Waals surface area contributed by atoms with Crippen LogP contribution in [0.1, 0.15) is 31.0 Å². The molecule has 4 nitrogen and oxygen atoms in total. The highest BCUT2D eigenvalue weighted by molar-refractivity contribution is 5.47. The lowest BCUT2D eigenvalue weighted by molar-refractivity contribution is 0.174. The van der Waals surface area contributed by atoms with Gasteiger partial charge in [-0.3, -0.25) is 0 Å². The van der Waals surface area contributed by atoms with Crippen molar-refractivity contribution in [3.63, 3.8) is 0 Å². The Hall–Kier alpha value is -2.20. The zero-order chi connectivity index (χ0) is 14.8. The summed E-state index contributed by atoms with van der Waals surface area (Å²) in [7, 11) is 0. The first-order valence-electron chi connectivity index (χ1n) is 7.05. The highest BCUT2D eigenvalue weighted by Crippen LogP contribution is 2.35. The summed E-state index contributed by atoms with van der Waals surface area (Å²) in [6, 6.07) is 13.5. The minimum Gasteiger partial charge on any atom is -0.491 e. The van der Waals surface area contributed by atoms with Crippen molar-refractivity contribution in [3.8, 4) is 17.2 Å². The zero-order valence-electron chi connectivity index (χ0n) is 12.2. The van der Waals surface area contributed by atoms with Gasteiger partial charge in [0.2, 0.25) is 6.79 Å². The minimum atomic E-state index is -0.201. The second kappa shape index (κ2) is 5.66. The molecule has 1 unspecified atom stereocenters. The van der Waals surface area contributed by atoms with E-state index < -0.39 is 0 Å². The number of nitrogens with two attached hydrogens (primary N) is 1. The SMILES string of the molecule is CC(C)Oc1ccc(C(N)c2ccc3c(c2)OCO3)cc1. The summed E-state index contributed by atoms with van der Waals surface area (Å²) in [6.07, 6.45) is 0.165. The summed E-state index contributed by atoms with van der Waals surface area (Å²) in [5, 5.41) is 0. The van der Waals surface area contributed by atoms with Gasteiger partial charge in [-0.25, -0.2) is 0 Å². The van der Waals surface area contributed by atoms with E-state index in [4.69, 9.17) is 19.9 Å². The molecule has 0 aromatic heterocycles. The number of fused-ring (bicyclic) bond motifs is 1. The first-order valence-corrected chi connectivity index (χ1v) is 7.05. The predicted octanol–water partition coefficient (Wildman–Crippen LogP) is 3.25. The molecule has 0 aliphatic carbocycles. The molecule has 0 radical (unpaired) electrons. The Morgan fingerprint density at radius 3 is 2.33 bits per heavy atom. The summed E-state index contributed by atoms with van der Waals surface area (Å²) in [6.45, 7) is 4.29. The number of benzene rings is 2. The molecule has 0 amide bonds. The molecule has 1 aliphatic heterocycles. The van der Waals surface area contributed by atoms with Gasteiger partial charge in [0.05, 0.1) is 12.1 Å². The van der Waals surface area contributed by atoms with Crippen LogP contribution in [0.4, 0.5) is 0 Å². The average molecular weight is 285 g/mol. The molecule has 1 heterocycles. The molecular weight excluding hydrogens is 266 g/mol. The highest BCUT2D eigenvalue weighted by Gasteiger charge is 2.17. The van der Waals surface area contributed by atoms with Gasteiger partial charge >= 0.3 is 0 Å². The average Bonchev–Trinajstić information content (AvgIpc) is 2.94. The molecule has 21 heavy (non-hydrogen) atoms. The van der Waals surface area contributed by atoms with E-state index in [2.05, 4.69) is 0 Å². The lowest BCUT2D eigenvalue weighted by Crippen LogP contribution is -2.12. The van der Waals surface area contributed by atoms with Crippen LogP contribution in [0, 0.1) is 0 Å². The van der Waals surface area contributed by atoms with Crippen LogP contribution < -0.4 is 19.9 Å². The molecule has 4 heteroatoms. The summed E-state index contributed by atoms with van der Waals surface area (Å²) in [5.41, 5.74) is 8.35. The van der Waals surface area contributed by atoms with Gasteiger partial charge < -0.3 is 19.9 Å². The second-order valence-corrected chi connectivity index (χ2v) is 5.33. The van der Waals surface area contributed by atoms with Gasteiger partial charge in [0, 0.05) is 0 Å². The maximum atomic E-state index is 6.32. The fraction of sp³-hybridized carbons (Fsp3) is 0.294. The van der Waals surface area contributed by atoms with Gasteiger partial charge in [-0.1, -0.05) is 18.2 Å². The van der Waals surface area contributed by atoms with Crippen LogP contribution >= 0.6 is 0 Å². The van der Waals surface area contributed by atoms with Gasteiger partial charge in [0.1, 0.15) is 5.75 Å². The Balaban J connectivity index is 1.79. The summed E-state index contributed by atoms with van der Waals surface area (Å²) in [4.78, 5) is 0. The van der Waals surface area contributed by atoms with E-state index in [1.165, 1.54) is 0 Å². The van der Waals surface area contributed by atoms with Crippen LogP contribution in [0.15, 0.2) is 42.5 Å². The molecule has 0 saturated heterocycles. The van der Waals surface area contributed by atoms with Crippen molar-refractivity contribution in [2.45, 2.75) is 26.0 Å². The minimum absolute atomic E-state index is 0.165. The van der Waals surface area contributed by atoms with Gasteiger partial charge in [-0.15, -0.1) is 0 Å². The quantitative estimate of drug-likeness (QED) is 0.937. The summed E-state index contributed by atoms with van der Waals surface area (Å²) < 4.78 is 16.3. The van der Waals surface area contributed by atoms with Gasteiger partial charge in [-0.2, -0.15) is 0 Å². The van der Waals surface area contributed by atoms with E-state index in [1.807, 2.05) is 56.3 Å². The molecule has 2 aromatic rings. The highest BCUT2D eigenvalue weighted by atomic mass is 16.7. The fourth-order valence-electron chi connectivity index (χ4n) is 2.32. The molecule has 3 rings (SSSR count). The van der Waals surface area contributed by atoms with Crippen molar-refractivity contribution in [1.29, 1.82) is 0 Å². The standard InChI is InChI=1S/C17H19NO3/c1-11(2)21-14-6-3-12(4-7-14)17(18)13-5-8-15-16(9-13)20-10-19-15/h3-9,11,17H,10,18H2,1-2H3. The molecule has 1 atom stereocenters. The van der Waals surface area contributed by atoms with Crippen molar-refractivity contribution in [2.75, 3.05) is 6.79 Å². The van der Waals surface area contributed by atoms with Gasteiger partial charge in [0.15, 0.2) is 11.5 Å². The van der Waals surface area contributed by atoms with E-state index >= 15 is 0 Å². The Labute approximate surface area is 124 Å². The van der Waals surface area contributed by atoms with Gasteiger partial charge in [0.25, 0.3) is 0 Å². The van der Waals surface area contributed by atoms with Crippen molar-refractivity contribution in [1.82, 2.24) is 0 Å². The molecule has 2 N–H and O–H groups in total. The molecule has 0 saturated carbocycles. The summed E-state index contributed by atoms with van der Waals surface area (Å²) >= 11 is 0. The fourth-order valence-corrected chi connectivity index (χ4v) is 2.32. The van der Waals surface area contributed by atoms with E-state index in [9.17, 15) is 0 Å². The van der Waals surface area contributed by atoms with Crippen molar-refractivity contribution < 1.29 is 14.2 Å². The molecule has 0 spiro atoms. The maximum Gasteiger partial charge on any atom is 0.231 e. The molecule has 0 bridgehead atoms. The maximum absolute atomic E-state index is 6.32.